The number of nitrogens with two attached hydrogens (primary N) is 1. The lowest BCUT2D eigenvalue weighted by molar-refractivity contribution is 0.226. The van der Waals surface area contributed by atoms with E-state index in [9.17, 15) is 4.39 Å². The molecule has 0 atom stereocenters. The van der Waals surface area contributed by atoms with Gasteiger partial charge in [0.15, 0.2) is 0 Å². The van der Waals surface area contributed by atoms with Gasteiger partial charge in [-0.2, -0.15) is 4.39 Å². The van der Waals surface area contributed by atoms with Gasteiger partial charge in [-0.3, -0.25) is 5.43 Å². The van der Waals surface area contributed by atoms with E-state index in [1.807, 2.05) is 0 Å². The molecule has 5 heteroatoms. The lowest BCUT2D eigenvalue weighted by atomic mass is 10.6. The highest BCUT2D eigenvalue weighted by Gasteiger charge is 1.98. The Morgan fingerprint density at radius 2 is 2.75 bits per heavy atom. The SMILES string of the molecule is NN1N=C(F)C=[C]N1. The Morgan fingerprint density at radius 1 is 2.00 bits per heavy atom. The minimum Gasteiger partial charge on any atom is -0.265 e. The second-order valence-corrected chi connectivity index (χ2v) is 1.17. The first-order chi connectivity index (χ1) is 3.79. The Labute approximate surface area is 45.4 Å². The van der Waals surface area contributed by atoms with Crippen LogP contribution in [0, 0.1) is 6.20 Å². The summed E-state index contributed by atoms with van der Waals surface area (Å²) in [7, 11) is 0. The molecule has 4 nitrogen and oxygen atoms in total. The van der Waals surface area contributed by atoms with E-state index in [0.29, 0.717) is 0 Å². The molecule has 1 radical (unpaired) electrons. The van der Waals surface area contributed by atoms with Crippen LogP contribution in [0.3, 0.4) is 0 Å². The van der Waals surface area contributed by atoms with Crippen LogP contribution in [0.5, 0.6) is 0 Å². The second kappa shape index (κ2) is 1.79. The Balaban J connectivity index is 2.63. The van der Waals surface area contributed by atoms with Crippen LogP contribution >= 0.6 is 0 Å². The average molecular weight is 115 g/mol. The smallest absolute Gasteiger partial charge is 0.236 e. The van der Waals surface area contributed by atoms with Gasteiger partial charge in [0.2, 0.25) is 5.97 Å². The number of nitrogens with one attached hydrogen (secondary N) is 1. The van der Waals surface area contributed by atoms with Gasteiger partial charge in [0.05, 0.1) is 6.20 Å². The van der Waals surface area contributed by atoms with E-state index in [2.05, 4.69) is 16.7 Å². The summed E-state index contributed by atoms with van der Waals surface area (Å²) in [6.07, 6.45) is 3.35. The lowest BCUT2D eigenvalue weighted by Gasteiger charge is -2.12. The predicted molar refractivity (Wildman–Crippen MR) is 25.5 cm³/mol. The fourth-order valence-electron chi connectivity index (χ4n) is 0.315. The summed E-state index contributed by atoms with van der Waals surface area (Å²) >= 11 is 0. The first-order valence-electron chi connectivity index (χ1n) is 1.92. The van der Waals surface area contributed by atoms with Gasteiger partial charge in [-0.1, -0.05) is 0 Å². The standard InChI is InChI=1S/C3H4FN4/c4-3-1-2-6-8(5)7-3/h1,6H,5H2. The Hall–Kier alpha value is -1.10. The third kappa shape index (κ3) is 0.941. The third-order valence-corrected chi connectivity index (χ3v) is 0.574. The number of nitrogens with zero attached hydrogens (tertiary/aromatic N) is 2. The van der Waals surface area contributed by atoms with Crippen LogP contribution in [-0.4, -0.2) is 11.2 Å². The van der Waals surface area contributed by atoms with Gasteiger partial charge in [-0.05, 0) is 0 Å². The summed E-state index contributed by atoms with van der Waals surface area (Å²) in [4.78, 5) is 0. The zero-order chi connectivity index (χ0) is 5.98. The zero-order valence-corrected chi connectivity index (χ0v) is 3.93. The van der Waals surface area contributed by atoms with Crippen molar-refractivity contribution in [2.45, 2.75) is 0 Å². The summed E-state index contributed by atoms with van der Waals surface area (Å²) in [6, 6.07) is 0. The van der Waals surface area contributed by atoms with Gasteiger partial charge in [-0.25, -0.2) is 5.84 Å². The highest BCUT2D eigenvalue weighted by atomic mass is 19.1. The topological polar surface area (TPSA) is 53.6 Å². The van der Waals surface area contributed by atoms with E-state index in [1.54, 1.807) is 0 Å². The number of allylic oxidation sites excluding steroid dienone is 1. The number of halogens is 1. The largest absolute Gasteiger partial charge is 0.265 e. The second-order valence-electron chi connectivity index (χ2n) is 1.17. The van der Waals surface area contributed by atoms with Crippen molar-refractivity contribution in [1.82, 2.24) is 10.7 Å². The van der Waals surface area contributed by atoms with Gasteiger partial charge >= 0.3 is 0 Å². The highest BCUT2D eigenvalue weighted by molar-refractivity contribution is 5.85. The average Bonchev–Trinajstić information content (AvgIpc) is 1.64. The first kappa shape index (κ1) is 5.04. The Morgan fingerprint density at radius 3 is 3.12 bits per heavy atom. The van der Waals surface area contributed by atoms with Crippen molar-refractivity contribution in [3.63, 3.8) is 0 Å². The van der Waals surface area contributed by atoms with E-state index in [0.717, 1.165) is 11.3 Å². The molecule has 0 fully saturated rings. The molecule has 0 aliphatic carbocycles. The molecule has 0 saturated carbocycles. The van der Waals surface area contributed by atoms with Crippen LogP contribution in [0.25, 0.3) is 0 Å². The quantitative estimate of drug-likeness (QED) is 0.409. The van der Waals surface area contributed by atoms with E-state index >= 15 is 0 Å². The van der Waals surface area contributed by atoms with Gasteiger partial charge in [-0.15, -0.1) is 10.3 Å². The maximum Gasteiger partial charge on any atom is 0.236 e. The number of hydrazone groups is 1. The normalized spacial score (nSPS) is 17.8. The molecule has 3 N–H and O–H groups in total. The summed E-state index contributed by atoms with van der Waals surface area (Å²) < 4.78 is 11.9. The van der Waals surface area contributed by atoms with Crippen LogP contribution in [0.4, 0.5) is 4.39 Å². The number of hydrazine groups is 2. The van der Waals surface area contributed by atoms with Crippen molar-refractivity contribution >= 4 is 5.97 Å². The van der Waals surface area contributed by atoms with Crippen molar-refractivity contribution in [2.24, 2.45) is 10.9 Å². The van der Waals surface area contributed by atoms with Gasteiger partial charge in [0.25, 0.3) is 0 Å². The molecule has 0 amide bonds. The maximum atomic E-state index is 11.9. The molecule has 1 heterocycles. The molecule has 0 unspecified atom stereocenters. The highest BCUT2D eigenvalue weighted by Crippen LogP contribution is 1.88. The lowest BCUT2D eigenvalue weighted by Crippen LogP contribution is -2.38. The van der Waals surface area contributed by atoms with Crippen molar-refractivity contribution < 1.29 is 4.39 Å². The minimum absolute atomic E-state index is 0.661. The fraction of sp³-hybridized carbons (Fsp3) is 0. The molecule has 0 aromatic heterocycles. The van der Waals surface area contributed by atoms with Crippen molar-refractivity contribution in [3.8, 4) is 0 Å². The molecule has 1 aliphatic heterocycles. The fourth-order valence-corrected chi connectivity index (χ4v) is 0.315. The molecule has 43 valence electrons. The minimum atomic E-state index is -0.661. The molecule has 0 spiro atoms. The van der Waals surface area contributed by atoms with Crippen LogP contribution in [0.2, 0.25) is 0 Å². The van der Waals surface area contributed by atoms with Crippen molar-refractivity contribution in [3.05, 3.63) is 12.3 Å². The first-order valence-corrected chi connectivity index (χ1v) is 1.92. The van der Waals surface area contributed by atoms with Crippen LogP contribution in [-0.2, 0) is 0 Å². The number of hydrogen-bond acceptors (Lipinski definition) is 4. The van der Waals surface area contributed by atoms with Crippen LogP contribution in [0.15, 0.2) is 11.2 Å². The molecule has 0 aromatic rings. The third-order valence-electron chi connectivity index (χ3n) is 0.574. The van der Waals surface area contributed by atoms with Crippen molar-refractivity contribution in [1.29, 1.82) is 0 Å². The van der Waals surface area contributed by atoms with Gasteiger partial charge in [0, 0.05) is 6.08 Å². The summed E-state index contributed by atoms with van der Waals surface area (Å²) in [6.45, 7) is 0. The van der Waals surface area contributed by atoms with Crippen LogP contribution < -0.4 is 11.3 Å². The van der Waals surface area contributed by atoms with Gasteiger partial charge in [0.1, 0.15) is 0 Å². The maximum absolute atomic E-state index is 11.9. The van der Waals surface area contributed by atoms with Crippen molar-refractivity contribution in [2.75, 3.05) is 0 Å². The molecule has 0 saturated heterocycles. The molecule has 0 bridgehead atoms. The van der Waals surface area contributed by atoms with Gasteiger partial charge < -0.3 is 0 Å². The van der Waals surface area contributed by atoms with E-state index in [4.69, 9.17) is 5.84 Å². The summed E-state index contributed by atoms with van der Waals surface area (Å²) in [5, 5.41) is 3.85. The summed E-state index contributed by atoms with van der Waals surface area (Å²) in [5.41, 5.74) is 2.29. The molecular weight excluding hydrogens is 111 g/mol. The Kier molecular flexibility index (Phi) is 1.13. The molecule has 0 aromatic carbocycles. The molecule has 8 heavy (non-hydrogen) atoms. The van der Waals surface area contributed by atoms with E-state index < -0.39 is 5.97 Å². The molecule has 1 rings (SSSR count). The van der Waals surface area contributed by atoms with Crippen LogP contribution in [0.1, 0.15) is 0 Å². The molecular formula is C3H4FN4. The monoisotopic (exact) mass is 115 g/mol. The number of hydrogen-bond donors (Lipinski definition) is 2. The molecule has 1 aliphatic rings. The zero-order valence-electron chi connectivity index (χ0n) is 3.93. The summed E-state index contributed by atoms with van der Waals surface area (Å²) in [5.74, 6) is 4.28. The predicted octanol–water partition coefficient (Wildman–Crippen LogP) is -0.720. The Bertz CT molecular complexity index is 140. The van der Waals surface area contributed by atoms with E-state index in [1.165, 1.54) is 0 Å². The van der Waals surface area contributed by atoms with E-state index in [-0.39, 0.29) is 0 Å². The number of rotatable bonds is 0.